The van der Waals surface area contributed by atoms with Crippen molar-refractivity contribution >= 4 is 100 Å². The fourth-order valence-electron chi connectivity index (χ4n) is 8.89. The van der Waals surface area contributed by atoms with Crippen LogP contribution < -0.4 is 9.80 Å². The van der Waals surface area contributed by atoms with E-state index in [0.29, 0.717) is 0 Å². The molecule has 0 fully saturated rings. The van der Waals surface area contributed by atoms with Crippen LogP contribution in [0.3, 0.4) is 0 Å². The van der Waals surface area contributed by atoms with Gasteiger partial charge in [-0.25, -0.2) is 0 Å². The van der Waals surface area contributed by atoms with E-state index in [1.54, 1.807) is 0 Å². The molecular weight excluding hydrogens is 725 g/mol. The van der Waals surface area contributed by atoms with Crippen molar-refractivity contribution in [1.82, 2.24) is 0 Å². The Morgan fingerprint density at radius 3 is 1.69 bits per heavy atom. The first-order chi connectivity index (χ1) is 28.7. The summed E-state index contributed by atoms with van der Waals surface area (Å²) < 4.78 is 6.21. The van der Waals surface area contributed by atoms with Crippen LogP contribution >= 0.6 is 11.8 Å². The van der Waals surface area contributed by atoms with Crippen molar-refractivity contribution in [3.63, 3.8) is 0 Å². The minimum absolute atomic E-state index is 0.893. The SMILES string of the molecule is c1ccc(N(c2ccc3ccccc3c2)c2ccc3cc4c5c(cccc5c3c2)Sc2cc(N(c3ccccc3)c3ccc5oc6ccccc6c5c3)ccc2-4)cc1. The van der Waals surface area contributed by atoms with E-state index in [4.69, 9.17) is 4.42 Å². The quantitative estimate of drug-likeness (QED) is 0.157. The van der Waals surface area contributed by atoms with Crippen LogP contribution in [0.5, 0.6) is 0 Å². The molecule has 0 spiro atoms. The molecular formula is C54H34N2OS. The van der Waals surface area contributed by atoms with Gasteiger partial charge in [-0.05, 0) is 135 Å². The Balaban J connectivity index is 0.992. The molecule has 12 rings (SSSR count). The van der Waals surface area contributed by atoms with E-state index in [1.807, 2.05) is 23.9 Å². The van der Waals surface area contributed by atoms with E-state index in [-0.39, 0.29) is 0 Å². The Bertz CT molecular complexity index is 3390. The lowest BCUT2D eigenvalue weighted by molar-refractivity contribution is 0.669. The average Bonchev–Trinajstić information content (AvgIpc) is 3.65. The molecule has 0 amide bonds. The Kier molecular flexibility index (Phi) is 7.47. The van der Waals surface area contributed by atoms with E-state index < -0.39 is 0 Å². The number of para-hydroxylation sites is 3. The van der Waals surface area contributed by atoms with Gasteiger partial charge in [-0.2, -0.15) is 0 Å². The van der Waals surface area contributed by atoms with Gasteiger partial charge in [0.05, 0.1) is 0 Å². The van der Waals surface area contributed by atoms with Crippen LogP contribution in [0.25, 0.3) is 65.4 Å². The largest absolute Gasteiger partial charge is 0.456 e. The number of fused-ring (bicyclic) bond motifs is 8. The lowest BCUT2D eigenvalue weighted by atomic mass is 9.92. The second-order valence-corrected chi connectivity index (χ2v) is 16.0. The zero-order valence-electron chi connectivity index (χ0n) is 31.3. The molecule has 0 aliphatic carbocycles. The topological polar surface area (TPSA) is 19.6 Å². The van der Waals surface area contributed by atoms with Gasteiger partial charge in [0.25, 0.3) is 0 Å². The predicted octanol–water partition coefficient (Wildman–Crippen LogP) is 16.1. The molecule has 0 bridgehead atoms. The zero-order chi connectivity index (χ0) is 38.2. The Morgan fingerprint density at radius 1 is 0.310 bits per heavy atom. The molecule has 1 aromatic heterocycles. The van der Waals surface area contributed by atoms with Crippen LogP contribution in [0.4, 0.5) is 34.1 Å². The van der Waals surface area contributed by atoms with Gasteiger partial charge in [0.2, 0.25) is 0 Å². The first kappa shape index (κ1) is 32.9. The zero-order valence-corrected chi connectivity index (χ0v) is 32.2. The maximum atomic E-state index is 6.21. The minimum Gasteiger partial charge on any atom is -0.456 e. The van der Waals surface area contributed by atoms with Crippen molar-refractivity contribution in [2.24, 2.45) is 0 Å². The van der Waals surface area contributed by atoms with Gasteiger partial charge in [0.1, 0.15) is 11.2 Å². The molecule has 0 unspecified atom stereocenters. The van der Waals surface area contributed by atoms with Gasteiger partial charge >= 0.3 is 0 Å². The molecule has 11 aromatic rings. The summed E-state index contributed by atoms with van der Waals surface area (Å²) in [6, 6.07) is 74.6. The summed E-state index contributed by atoms with van der Waals surface area (Å²) >= 11 is 1.86. The summed E-state index contributed by atoms with van der Waals surface area (Å²) in [4.78, 5) is 7.25. The highest BCUT2D eigenvalue weighted by molar-refractivity contribution is 7.99. The normalized spacial score (nSPS) is 12.1. The number of furan rings is 1. The molecule has 1 aliphatic heterocycles. The maximum absolute atomic E-state index is 6.21. The maximum Gasteiger partial charge on any atom is 0.135 e. The molecule has 0 saturated carbocycles. The molecule has 0 radical (unpaired) electrons. The average molecular weight is 759 g/mol. The van der Waals surface area contributed by atoms with Crippen molar-refractivity contribution in [1.29, 1.82) is 0 Å². The van der Waals surface area contributed by atoms with Gasteiger partial charge in [0.15, 0.2) is 0 Å². The van der Waals surface area contributed by atoms with Crippen LogP contribution in [-0.4, -0.2) is 0 Å². The van der Waals surface area contributed by atoms with E-state index in [2.05, 4.69) is 204 Å². The van der Waals surface area contributed by atoms with Crippen molar-refractivity contribution in [3.05, 3.63) is 206 Å². The van der Waals surface area contributed by atoms with E-state index in [1.165, 1.54) is 53.2 Å². The van der Waals surface area contributed by atoms with Crippen molar-refractivity contribution in [3.8, 4) is 11.1 Å². The molecule has 0 atom stereocenters. The highest BCUT2D eigenvalue weighted by atomic mass is 32.2. The van der Waals surface area contributed by atoms with Crippen LogP contribution in [0.2, 0.25) is 0 Å². The van der Waals surface area contributed by atoms with Crippen molar-refractivity contribution in [2.75, 3.05) is 9.80 Å². The lowest BCUT2D eigenvalue weighted by Gasteiger charge is -2.28. The van der Waals surface area contributed by atoms with E-state index >= 15 is 0 Å². The summed E-state index contributed by atoms with van der Waals surface area (Å²) in [5, 5.41) is 9.75. The fourth-order valence-corrected chi connectivity index (χ4v) is 10.1. The van der Waals surface area contributed by atoms with E-state index in [0.717, 1.165) is 56.1 Å². The van der Waals surface area contributed by atoms with Crippen molar-refractivity contribution < 1.29 is 4.42 Å². The lowest BCUT2D eigenvalue weighted by Crippen LogP contribution is -2.10. The summed E-state index contributed by atoms with van der Waals surface area (Å²) in [6.07, 6.45) is 0. The third-order valence-corrected chi connectivity index (χ3v) is 12.7. The predicted molar refractivity (Wildman–Crippen MR) is 245 cm³/mol. The second-order valence-electron chi connectivity index (χ2n) is 14.9. The number of hydrogen-bond acceptors (Lipinski definition) is 4. The molecule has 10 aromatic carbocycles. The third-order valence-electron chi connectivity index (χ3n) is 11.6. The fraction of sp³-hybridized carbons (Fsp3) is 0. The standard InChI is InChI=1S/C54H34N2OS/c1-3-14-38(15-4-1)55(40-24-22-35-12-7-8-13-36(35)30-40)41-25-23-37-31-49-45-28-26-43(34-53(45)58-52-21-11-19-46(54(49)52)47(37)32-41)56(39-16-5-2-6-17-39)42-27-29-51-48(33-42)44-18-9-10-20-50(44)57-51/h1-34H. The number of hydrogen-bond donors (Lipinski definition) is 0. The first-order valence-electron chi connectivity index (χ1n) is 19.7. The molecule has 3 nitrogen and oxygen atoms in total. The van der Waals surface area contributed by atoms with Crippen LogP contribution in [0, 0.1) is 0 Å². The van der Waals surface area contributed by atoms with Crippen LogP contribution in [0.1, 0.15) is 0 Å². The van der Waals surface area contributed by atoms with Crippen LogP contribution in [-0.2, 0) is 0 Å². The number of anilines is 6. The molecule has 4 heteroatoms. The molecule has 0 saturated heterocycles. The Hall–Kier alpha value is -7.27. The second kappa shape index (κ2) is 13.2. The number of benzene rings is 10. The van der Waals surface area contributed by atoms with Crippen molar-refractivity contribution in [2.45, 2.75) is 9.79 Å². The van der Waals surface area contributed by atoms with Crippen LogP contribution in [0.15, 0.2) is 220 Å². The molecule has 272 valence electrons. The summed E-state index contributed by atoms with van der Waals surface area (Å²) in [7, 11) is 0. The molecule has 1 aliphatic rings. The molecule has 58 heavy (non-hydrogen) atoms. The molecule has 0 N–H and O–H groups in total. The summed E-state index contributed by atoms with van der Waals surface area (Å²) in [5.74, 6) is 0. The van der Waals surface area contributed by atoms with Gasteiger partial charge in [-0.15, -0.1) is 0 Å². The highest BCUT2D eigenvalue weighted by Gasteiger charge is 2.24. The summed E-state index contributed by atoms with van der Waals surface area (Å²) in [5.41, 5.74) is 11.0. The number of nitrogens with zero attached hydrogens (tertiary/aromatic N) is 2. The van der Waals surface area contributed by atoms with Gasteiger partial charge in [0, 0.05) is 60.1 Å². The third kappa shape index (κ3) is 5.30. The minimum atomic E-state index is 0.893. The smallest absolute Gasteiger partial charge is 0.135 e. The van der Waals surface area contributed by atoms with Gasteiger partial charge < -0.3 is 14.2 Å². The molecule has 2 heterocycles. The Labute approximate surface area is 340 Å². The highest BCUT2D eigenvalue weighted by Crippen LogP contribution is 2.52. The Morgan fingerprint density at radius 2 is 0.897 bits per heavy atom. The van der Waals surface area contributed by atoms with Gasteiger partial charge in [-0.3, -0.25) is 0 Å². The number of rotatable bonds is 6. The van der Waals surface area contributed by atoms with E-state index in [9.17, 15) is 0 Å². The van der Waals surface area contributed by atoms with Gasteiger partial charge in [-0.1, -0.05) is 121 Å². The monoisotopic (exact) mass is 758 g/mol. The summed E-state index contributed by atoms with van der Waals surface area (Å²) in [6.45, 7) is 0. The first-order valence-corrected chi connectivity index (χ1v) is 20.5.